The molecule has 1 unspecified atom stereocenters. The molecular weight excluding hydrogens is 184 g/mol. The van der Waals surface area contributed by atoms with Crippen LogP contribution in [0.1, 0.15) is 40.7 Å². The van der Waals surface area contributed by atoms with Gasteiger partial charge in [0.15, 0.2) is 0 Å². The number of phenolic OH excluding ortho intramolecular Hbond substituents is 1. The van der Waals surface area contributed by atoms with Crippen molar-refractivity contribution in [2.45, 2.75) is 40.0 Å². The highest BCUT2D eigenvalue weighted by atomic mass is 16.3. The first kappa shape index (κ1) is 10.3. The number of benzene rings is 1. The number of allylic oxidation sites excluding steroid dienone is 2. The highest BCUT2D eigenvalue weighted by molar-refractivity contribution is 5.57. The van der Waals surface area contributed by atoms with Gasteiger partial charge in [0.05, 0.1) is 0 Å². The molecule has 2 rings (SSSR count). The molecule has 80 valence electrons. The Morgan fingerprint density at radius 3 is 2.47 bits per heavy atom. The van der Waals surface area contributed by atoms with Crippen molar-refractivity contribution in [3.8, 4) is 5.75 Å². The summed E-state index contributed by atoms with van der Waals surface area (Å²) in [7, 11) is 0. The molecule has 1 heteroatoms. The maximum atomic E-state index is 10.0. The van der Waals surface area contributed by atoms with E-state index in [1.807, 2.05) is 13.8 Å². The lowest BCUT2D eigenvalue weighted by atomic mass is 9.81. The lowest BCUT2D eigenvalue weighted by Gasteiger charge is -2.24. The first-order valence-corrected chi connectivity index (χ1v) is 5.52. The summed E-state index contributed by atoms with van der Waals surface area (Å²) in [6.45, 7) is 8.36. The Morgan fingerprint density at radius 1 is 1.13 bits per heavy atom. The van der Waals surface area contributed by atoms with Gasteiger partial charge in [-0.25, -0.2) is 0 Å². The number of fused-ring (bicyclic) bond motifs is 1. The Bertz CT molecular complexity index is 441. The molecule has 0 fully saturated rings. The molecule has 0 aromatic heterocycles. The van der Waals surface area contributed by atoms with Gasteiger partial charge in [0.25, 0.3) is 0 Å². The average molecular weight is 202 g/mol. The van der Waals surface area contributed by atoms with Crippen molar-refractivity contribution in [2.75, 3.05) is 0 Å². The van der Waals surface area contributed by atoms with Crippen LogP contribution in [-0.4, -0.2) is 5.11 Å². The van der Waals surface area contributed by atoms with Crippen molar-refractivity contribution in [3.63, 3.8) is 0 Å². The van der Waals surface area contributed by atoms with Gasteiger partial charge in [-0.05, 0) is 60.9 Å². The quantitative estimate of drug-likeness (QED) is 0.638. The molecule has 1 aromatic rings. The number of hydrogen-bond acceptors (Lipinski definition) is 1. The fourth-order valence-electron chi connectivity index (χ4n) is 2.60. The zero-order valence-electron chi connectivity index (χ0n) is 9.89. The molecule has 1 nitrogen and oxygen atoms in total. The summed E-state index contributed by atoms with van der Waals surface area (Å²) in [5.41, 5.74) is 6.10. The van der Waals surface area contributed by atoms with Gasteiger partial charge in [-0.2, -0.15) is 0 Å². The monoisotopic (exact) mass is 202 g/mol. The SMILES string of the molecule is Cc1c(C)c2c(c(C)c1O)CC=CC2C. The van der Waals surface area contributed by atoms with E-state index in [2.05, 4.69) is 26.0 Å². The zero-order valence-corrected chi connectivity index (χ0v) is 9.89. The van der Waals surface area contributed by atoms with Gasteiger partial charge < -0.3 is 5.11 Å². The van der Waals surface area contributed by atoms with Crippen LogP contribution >= 0.6 is 0 Å². The maximum absolute atomic E-state index is 10.0. The molecule has 15 heavy (non-hydrogen) atoms. The molecule has 0 saturated carbocycles. The van der Waals surface area contributed by atoms with Gasteiger partial charge in [-0.15, -0.1) is 0 Å². The fourth-order valence-corrected chi connectivity index (χ4v) is 2.60. The molecule has 1 aliphatic carbocycles. The van der Waals surface area contributed by atoms with E-state index in [0.29, 0.717) is 11.7 Å². The molecular formula is C14H18O. The van der Waals surface area contributed by atoms with E-state index in [4.69, 9.17) is 0 Å². The van der Waals surface area contributed by atoms with E-state index in [1.54, 1.807) is 0 Å². The van der Waals surface area contributed by atoms with Crippen molar-refractivity contribution in [1.82, 2.24) is 0 Å². The van der Waals surface area contributed by atoms with Crippen LogP contribution in [0.2, 0.25) is 0 Å². The van der Waals surface area contributed by atoms with Crippen LogP contribution in [0, 0.1) is 20.8 Å². The molecule has 1 aliphatic rings. The number of phenols is 1. The first-order valence-electron chi connectivity index (χ1n) is 5.52. The minimum atomic E-state index is 0.478. The summed E-state index contributed by atoms with van der Waals surface area (Å²) >= 11 is 0. The Balaban J connectivity index is 2.78. The molecule has 1 N–H and O–H groups in total. The van der Waals surface area contributed by atoms with Gasteiger partial charge >= 0.3 is 0 Å². The van der Waals surface area contributed by atoms with Crippen LogP contribution in [0.4, 0.5) is 0 Å². The number of hydrogen-bond donors (Lipinski definition) is 1. The van der Waals surface area contributed by atoms with Crippen molar-refractivity contribution >= 4 is 0 Å². The van der Waals surface area contributed by atoms with Crippen molar-refractivity contribution < 1.29 is 5.11 Å². The molecule has 0 amide bonds. The third kappa shape index (κ3) is 1.38. The Kier molecular flexibility index (Phi) is 2.34. The van der Waals surface area contributed by atoms with Crippen molar-refractivity contribution in [1.29, 1.82) is 0 Å². The minimum Gasteiger partial charge on any atom is -0.507 e. The van der Waals surface area contributed by atoms with Crippen LogP contribution in [0.5, 0.6) is 5.75 Å². The predicted molar refractivity (Wildman–Crippen MR) is 63.6 cm³/mol. The largest absolute Gasteiger partial charge is 0.507 e. The third-order valence-electron chi connectivity index (χ3n) is 3.66. The van der Waals surface area contributed by atoms with Crippen molar-refractivity contribution in [3.05, 3.63) is 40.0 Å². The Morgan fingerprint density at radius 2 is 1.80 bits per heavy atom. The van der Waals surface area contributed by atoms with Crippen LogP contribution < -0.4 is 0 Å². The van der Waals surface area contributed by atoms with E-state index in [0.717, 1.165) is 17.5 Å². The molecule has 0 spiro atoms. The zero-order chi connectivity index (χ0) is 11.2. The summed E-state index contributed by atoms with van der Waals surface area (Å²) in [5, 5.41) is 10.0. The molecule has 1 atom stereocenters. The van der Waals surface area contributed by atoms with Crippen LogP contribution in [0.15, 0.2) is 12.2 Å². The first-order chi connectivity index (χ1) is 7.04. The normalized spacial score (nSPS) is 19.1. The van der Waals surface area contributed by atoms with Crippen LogP contribution in [0.3, 0.4) is 0 Å². The lowest BCUT2D eigenvalue weighted by Crippen LogP contribution is -2.08. The van der Waals surface area contributed by atoms with E-state index in [9.17, 15) is 5.11 Å². The minimum absolute atomic E-state index is 0.478. The van der Waals surface area contributed by atoms with Gasteiger partial charge in [-0.1, -0.05) is 19.1 Å². The molecule has 0 heterocycles. The lowest BCUT2D eigenvalue weighted by molar-refractivity contribution is 0.464. The number of aromatic hydroxyl groups is 1. The number of rotatable bonds is 0. The predicted octanol–water partition coefficient (Wildman–Crippen LogP) is 3.53. The second-order valence-corrected chi connectivity index (χ2v) is 4.54. The van der Waals surface area contributed by atoms with Gasteiger partial charge in [0.1, 0.15) is 5.75 Å². The van der Waals surface area contributed by atoms with Crippen LogP contribution in [-0.2, 0) is 6.42 Å². The smallest absolute Gasteiger partial charge is 0.121 e. The Hall–Kier alpha value is -1.24. The van der Waals surface area contributed by atoms with Crippen molar-refractivity contribution in [2.24, 2.45) is 0 Å². The topological polar surface area (TPSA) is 20.2 Å². The standard InChI is InChI=1S/C14H18O/c1-8-6-5-7-12-11(4)14(15)10(3)9(2)13(8)12/h5-6,8,15H,7H2,1-4H3. The van der Waals surface area contributed by atoms with E-state index >= 15 is 0 Å². The fraction of sp³-hybridized carbons (Fsp3) is 0.429. The summed E-state index contributed by atoms with van der Waals surface area (Å²) in [6, 6.07) is 0. The second-order valence-electron chi connectivity index (χ2n) is 4.54. The summed E-state index contributed by atoms with van der Waals surface area (Å²) in [5.74, 6) is 0.959. The highest BCUT2D eigenvalue weighted by Gasteiger charge is 2.20. The summed E-state index contributed by atoms with van der Waals surface area (Å²) in [4.78, 5) is 0. The van der Waals surface area contributed by atoms with E-state index in [1.165, 1.54) is 16.7 Å². The summed E-state index contributed by atoms with van der Waals surface area (Å²) < 4.78 is 0. The third-order valence-corrected chi connectivity index (χ3v) is 3.66. The van der Waals surface area contributed by atoms with Gasteiger partial charge in [0, 0.05) is 0 Å². The maximum Gasteiger partial charge on any atom is 0.121 e. The second kappa shape index (κ2) is 3.41. The Labute approximate surface area is 91.4 Å². The molecule has 0 bridgehead atoms. The summed E-state index contributed by atoms with van der Waals surface area (Å²) in [6.07, 6.45) is 5.42. The highest BCUT2D eigenvalue weighted by Crippen LogP contribution is 2.38. The van der Waals surface area contributed by atoms with E-state index < -0.39 is 0 Å². The van der Waals surface area contributed by atoms with E-state index in [-0.39, 0.29) is 0 Å². The van der Waals surface area contributed by atoms with Gasteiger partial charge in [-0.3, -0.25) is 0 Å². The molecule has 0 saturated heterocycles. The average Bonchev–Trinajstić information content (AvgIpc) is 2.23. The van der Waals surface area contributed by atoms with Crippen LogP contribution in [0.25, 0.3) is 0 Å². The molecule has 0 aliphatic heterocycles. The molecule has 1 aromatic carbocycles. The van der Waals surface area contributed by atoms with Gasteiger partial charge in [0.2, 0.25) is 0 Å². The molecule has 0 radical (unpaired) electrons.